The van der Waals surface area contributed by atoms with Gasteiger partial charge in [-0.2, -0.15) is 0 Å². The Morgan fingerprint density at radius 2 is 0.521 bits per heavy atom. The molecule has 0 amide bonds. The molecule has 0 aromatic carbocycles. The molecule has 0 radical (unpaired) electrons. The SMILES string of the molecule is CC/C=C\C/C=C\C/C=C\C/C=C\C/C=C\C/C=C\CCC(=O)OC[C@H](COC(=O)CCCCCC/C=C\C/C=C\C/C=C\C/C=C\CC)OC(=O)CC/C=C\C/C=C\C/C=C\C/C=C\C/C=C\C/C=C\CC. The number of hydrogen-bond acceptors (Lipinski definition) is 6. The number of ether oxygens (including phenoxy) is 3. The second-order valence-electron chi connectivity index (χ2n) is 17.3. The van der Waals surface area contributed by atoms with Gasteiger partial charge in [0.05, 0.1) is 0 Å². The first kappa shape index (κ1) is 67.2. The topological polar surface area (TPSA) is 78.9 Å². The summed E-state index contributed by atoms with van der Waals surface area (Å²) in [6, 6.07) is 0. The molecule has 73 heavy (non-hydrogen) atoms. The van der Waals surface area contributed by atoms with Crippen LogP contribution in [-0.2, 0) is 28.6 Å². The van der Waals surface area contributed by atoms with Gasteiger partial charge in [-0.3, -0.25) is 14.4 Å². The minimum Gasteiger partial charge on any atom is -0.462 e. The number of esters is 3. The van der Waals surface area contributed by atoms with Crippen molar-refractivity contribution in [2.75, 3.05) is 13.2 Å². The third kappa shape index (κ3) is 57.0. The molecule has 0 fully saturated rings. The summed E-state index contributed by atoms with van der Waals surface area (Å²) in [7, 11) is 0. The number of carbonyl (C=O) groups excluding carboxylic acids is 3. The highest BCUT2D eigenvalue weighted by molar-refractivity contribution is 5.71. The Hall–Kier alpha value is -5.75. The summed E-state index contributed by atoms with van der Waals surface area (Å²) in [6.45, 7) is 6.12. The number of hydrogen-bond donors (Lipinski definition) is 0. The van der Waals surface area contributed by atoms with Crippen molar-refractivity contribution in [3.05, 3.63) is 194 Å². The average molecular weight is 1000 g/mol. The van der Waals surface area contributed by atoms with Crippen molar-refractivity contribution in [2.24, 2.45) is 0 Å². The predicted molar refractivity (Wildman–Crippen MR) is 315 cm³/mol. The maximum atomic E-state index is 12.8. The van der Waals surface area contributed by atoms with Gasteiger partial charge in [-0.1, -0.05) is 228 Å². The lowest BCUT2D eigenvalue weighted by molar-refractivity contribution is -0.166. The van der Waals surface area contributed by atoms with Crippen LogP contribution in [0.5, 0.6) is 0 Å². The highest BCUT2D eigenvalue weighted by Gasteiger charge is 2.19. The standard InChI is InChI=1S/C67H98O6/c1-4-7-10-13-16-19-22-25-28-31-33-36-39-42-45-48-51-54-57-60-66(69)72-63-64(62-71-65(68)59-56-53-50-47-44-41-38-35-30-27-24-21-18-15-12-9-6-3)73-67(70)61-58-55-52-49-46-43-40-37-34-32-29-26-23-20-17-14-11-8-5-2/h7-12,16-21,25-30,33-34,36-38,41-43,45-46,51-52,54-55,64H,4-6,13-15,22-24,31-32,35,39-40,44,47-50,53,56-63H2,1-3H3/b10-7-,11-8-,12-9-,19-16-,20-17-,21-18-,28-25-,29-26-,30-27-,36-33-,37-34-,41-38-,45-42-,46-43-,54-51-,55-52-/t64-/m0/s1. The third-order valence-electron chi connectivity index (χ3n) is 10.6. The zero-order valence-electron chi connectivity index (χ0n) is 45.8. The zero-order valence-corrected chi connectivity index (χ0v) is 45.8. The van der Waals surface area contributed by atoms with Crippen LogP contribution >= 0.6 is 0 Å². The van der Waals surface area contributed by atoms with E-state index in [9.17, 15) is 14.4 Å². The van der Waals surface area contributed by atoms with E-state index in [1.807, 2.05) is 24.3 Å². The summed E-state index contributed by atoms with van der Waals surface area (Å²) in [6.07, 6.45) is 90.1. The molecule has 0 aliphatic carbocycles. The Morgan fingerprint density at radius 1 is 0.274 bits per heavy atom. The summed E-state index contributed by atoms with van der Waals surface area (Å²) < 4.78 is 16.7. The first-order chi connectivity index (χ1) is 36.0. The van der Waals surface area contributed by atoms with Crippen molar-refractivity contribution in [3.63, 3.8) is 0 Å². The Morgan fingerprint density at radius 3 is 0.836 bits per heavy atom. The van der Waals surface area contributed by atoms with E-state index >= 15 is 0 Å². The lowest BCUT2D eigenvalue weighted by Crippen LogP contribution is -2.30. The molecule has 1 atom stereocenters. The molecule has 6 nitrogen and oxygen atoms in total. The van der Waals surface area contributed by atoms with Gasteiger partial charge in [-0.25, -0.2) is 0 Å². The highest BCUT2D eigenvalue weighted by atomic mass is 16.6. The molecule has 0 saturated heterocycles. The molecule has 0 rings (SSSR count). The Kier molecular flexibility index (Phi) is 54.2. The van der Waals surface area contributed by atoms with Gasteiger partial charge in [0.15, 0.2) is 6.10 Å². The van der Waals surface area contributed by atoms with Gasteiger partial charge in [0.25, 0.3) is 0 Å². The molecule has 0 aromatic rings. The van der Waals surface area contributed by atoms with Gasteiger partial charge >= 0.3 is 17.9 Å². The molecule has 402 valence electrons. The van der Waals surface area contributed by atoms with Crippen LogP contribution < -0.4 is 0 Å². The molecule has 0 heterocycles. The van der Waals surface area contributed by atoms with E-state index in [0.29, 0.717) is 19.3 Å². The molecular formula is C67H98O6. The van der Waals surface area contributed by atoms with Crippen molar-refractivity contribution in [3.8, 4) is 0 Å². The Balaban J connectivity index is 4.71. The lowest BCUT2D eigenvalue weighted by Gasteiger charge is -2.18. The van der Waals surface area contributed by atoms with Gasteiger partial charge in [0, 0.05) is 19.3 Å². The van der Waals surface area contributed by atoms with E-state index in [1.165, 1.54) is 0 Å². The van der Waals surface area contributed by atoms with Crippen molar-refractivity contribution in [1.82, 2.24) is 0 Å². The first-order valence-electron chi connectivity index (χ1n) is 27.9. The smallest absolute Gasteiger partial charge is 0.306 e. The van der Waals surface area contributed by atoms with E-state index in [4.69, 9.17) is 14.2 Å². The molecule has 0 aliphatic heterocycles. The molecule has 0 spiro atoms. The monoisotopic (exact) mass is 999 g/mol. The Bertz CT molecular complexity index is 1810. The molecule has 0 unspecified atom stereocenters. The van der Waals surface area contributed by atoms with Crippen LogP contribution in [0.3, 0.4) is 0 Å². The van der Waals surface area contributed by atoms with Crippen molar-refractivity contribution in [1.29, 1.82) is 0 Å². The molecule has 0 bridgehead atoms. The summed E-state index contributed by atoms with van der Waals surface area (Å²) in [5.41, 5.74) is 0. The van der Waals surface area contributed by atoms with Gasteiger partial charge in [-0.05, 0) is 135 Å². The van der Waals surface area contributed by atoms with Crippen LogP contribution in [0.25, 0.3) is 0 Å². The van der Waals surface area contributed by atoms with Crippen LogP contribution in [0.4, 0.5) is 0 Å². The first-order valence-corrected chi connectivity index (χ1v) is 27.9. The maximum Gasteiger partial charge on any atom is 0.306 e. The zero-order chi connectivity index (χ0) is 52.9. The molecule has 0 aliphatic rings. The van der Waals surface area contributed by atoms with Gasteiger partial charge in [0.2, 0.25) is 0 Å². The minimum absolute atomic E-state index is 0.156. The Labute approximate surface area is 446 Å². The molecule has 6 heteroatoms. The number of carbonyl (C=O) groups is 3. The van der Waals surface area contributed by atoms with Crippen molar-refractivity contribution in [2.45, 2.75) is 194 Å². The maximum absolute atomic E-state index is 12.8. The summed E-state index contributed by atoms with van der Waals surface area (Å²) in [5, 5.41) is 0. The van der Waals surface area contributed by atoms with Gasteiger partial charge in [-0.15, -0.1) is 0 Å². The van der Waals surface area contributed by atoms with Crippen LogP contribution in [0.2, 0.25) is 0 Å². The second-order valence-corrected chi connectivity index (χ2v) is 17.3. The number of rotatable bonds is 47. The second kappa shape index (κ2) is 58.8. The fraction of sp³-hybridized carbons (Fsp3) is 0.478. The van der Waals surface area contributed by atoms with E-state index in [2.05, 4.69) is 191 Å². The normalized spacial score (nSPS) is 13.6. The lowest BCUT2D eigenvalue weighted by atomic mass is 10.1. The molecule has 0 N–H and O–H groups in total. The third-order valence-corrected chi connectivity index (χ3v) is 10.6. The highest BCUT2D eigenvalue weighted by Crippen LogP contribution is 2.10. The number of allylic oxidation sites excluding steroid dienone is 32. The number of unbranched alkanes of at least 4 members (excludes halogenated alkanes) is 4. The molecule has 0 aromatic heterocycles. The van der Waals surface area contributed by atoms with E-state index in [0.717, 1.165) is 135 Å². The summed E-state index contributed by atoms with van der Waals surface area (Å²) in [5.74, 6) is -1.17. The fourth-order valence-corrected chi connectivity index (χ4v) is 6.54. The molecular weight excluding hydrogens is 901 g/mol. The van der Waals surface area contributed by atoms with E-state index in [1.54, 1.807) is 0 Å². The van der Waals surface area contributed by atoms with Crippen LogP contribution in [0, 0.1) is 0 Å². The van der Waals surface area contributed by atoms with Crippen LogP contribution in [0.15, 0.2) is 194 Å². The van der Waals surface area contributed by atoms with Gasteiger partial charge < -0.3 is 14.2 Å². The summed E-state index contributed by atoms with van der Waals surface area (Å²) >= 11 is 0. The van der Waals surface area contributed by atoms with E-state index < -0.39 is 18.0 Å². The average Bonchev–Trinajstić information content (AvgIpc) is 3.39. The van der Waals surface area contributed by atoms with Gasteiger partial charge in [0.1, 0.15) is 13.2 Å². The van der Waals surface area contributed by atoms with Crippen LogP contribution in [0.1, 0.15) is 188 Å². The minimum atomic E-state index is -0.873. The fourth-order valence-electron chi connectivity index (χ4n) is 6.54. The summed E-state index contributed by atoms with van der Waals surface area (Å²) in [4.78, 5) is 38.1. The van der Waals surface area contributed by atoms with Crippen molar-refractivity contribution >= 4 is 17.9 Å². The van der Waals surface area contributed by atoms with E-state index in [-0.39, 0.29) is 32.0 Å². The molecule has 0 saturated carbocycles. The predicted octanol–water partition coefficient (Wildman–Crippen LogP) is 19.1. The quantitative estimate of drug-likeness (QED) is 0.0262. The largest absolute Gasteiger partial charge is 0.462 e. The van der Waals surface area contributed by atoms with Crippen molar-refractivity contribution < 1.29 is 28.6 Å². The van der Waals surface area contributed by atoms with Crippen LogP contribution in [-0.4, -0.2) is 37.2 Å².